The maximum atomic E-state index is 4.62. The van der Waals surface area contributed by atoms with E-state index in [9.17, 15) is 0 Å². The van der Waals surface area contributed by atoms with Crippen molar-refractivity contribution in [1.82, 2.24) is 0 Å². The molecule has 0 N–H and O–H groups in total. The molecule has 0 amide bonds. The summed E-state index contributed by atoms with van der Waals surface area (Å²) in [5.41, 5.74) is 0. The molecule has 9 heavy (non-hydrogen) atoms. The Morgan fingerprint density at radius 2 is 2.33 bits per heavy atom. The molecule has 0 saturated heterocycles. The van der Waals surface area contributed by atoms with Crippen LogP contribution in [0.4, 0.5) is 0 Å². The van der Waals surface area contributed by atoms with Crippen molar-refractivity contribution in [2.45, 2.75) is 19.8 Å². The van der Waals surface area contributed by atoms with Crippen LogP contribution in [0.15, 0.2) is 0 Å². The number of thiocarbonyl (C=S) groups is 1. The van der Waals surface area contributed by atoms with E-state index in [0.29, 0.717) is 6.61 Å². The zero-order valence-electron chi connectivity index (χ0n) is 5.29. The van der Waals surface area contributed by atoms with Crippen LogP contribution in [0.1, 0.15) is 19.8 Å². The highest BCUT2D eigenvalue weighted by molar-refractivity contribution is 8.10. The van der Waals surface area contributed by atoms with E-state index in [-0.39, 0.29) is 4.38 Å². The second-order valence-electron chi connectivity index (χ2n) is 1.52. The lowest BCUT2D eigenvalue weighted by Gasteiger charge is -1.98. The number of rotatable bonds is 4. The van der Waals surface area contributed by atoms with Gasteiger partial charge in [0.05, 0.1) is 6.61 Å². The summed E-state index contributed by atoms with van der Waals surface area (Å²) >= 11 is 8.15. The molecule has 2 nitrogen and oxygen atoms in total. The van der Waals surface area contributed by atoms with E-state index in [4.69, 9.17) is 0 Å². The molecule has 0 aromatic carbocycles. The Morgan fingerprint density at radius 3 is 2.78 bits per heavy atom. The maximum absolute atomic E-state index is 4.62. The second-order valence-corrected chi connectivity index (χ2v) is 2.60. The van der Waals surface area contributed by atoms with Gasteiger partial charge < -0.3 is 4.89 Å². The second kappa shape index (κ2) is 6.32. The number of thiol groups is 1. The van der Waals surface area contributed by atoms with Gasteiger partial charge in [0.25, 0.3) is 4.38 Å². The molecular formula is C5H10O2S2. The Kier molecular flexibility index (Phi) is 6.46. The predicted octanol–water partition coefficient (Wildman–Crippen LogP) is 1.95. The molecule has 0 aliphatic heterocycles. The third-order valence-corrected chi connectivity index (χ3v) is 0.854. The van der Waals surface area contributed by atoms with Crippen molar-refractivity contribution in [1.29, 1.82) is 0 Å². The molecule has 0 saturated carbocycles. The molecule has 0 fully saturated rings. The highest BCUT2D eigenvalue weighted by atomic mass is 32.1. The van der Waals surface area contributed by atoms with Crippen LogP contribution in [0.5, 0.6) is 0 Å². The van der Waals surface area contributed by atoms with Gasteiger partial charge in [0.2, 0.25) is 0 Å². The van der Waals surface area contributed by atoms with Gasteiger partial charge in [-0.05, 0) is 18.6 Å². The Bertz CT molecular complexity index is 85.0. The molecule has 4 heteroatoms. The molecule has 54 valence electrons. The standard InChI is InChI=1S/C5H10O2S2/c1-2-3-4-6-7-5(8)9/h2-4H2,1H3,(H,8,9). The minimum Gasteiger partial charge on any atom is -0.319 e. The average molecular weight is 166 g/mol. The molecular weight excluding hydrogens is 156 g/mol. The quantitative estimate of drug-likeness (QED) is 0.226. The summed E-state index contributed by atoms with van der Waals surface area (Å²) in [5, 5.41) is 0. The summed E-state index contributed by atoms with van der Waals surface area (Å²) in [4.78, 5) is 9.06. The van der Waals surface area contributed by atoms with Crippen molar-refractivity contribution in [3.63, 3.8) is 0 Å². The van der Waals surface area contributed by atoms with Crippen molar-refractivity contribution in [2.75, 3.05) is 6.61 Å². The molecule has 0 bridgehead atoms. The summed E-state index contributed by atoms with van der Waals surface area (Å²) in [5.74, 6) is 0. The van der Waals surface area contributed by atoms with Crippen molar-refractivity contribution < 1.29 is 9.78 Å². The van der Waals surface area contributed by atoms with Crippen molar-refractivity contribution in [3.8, 4) is 0 Å². The van der Waals surface area contributed by atoms with Crippen LogP contribution < -0.4 is 0 Å². The average Bonchev–Trinajstić information content (AvgIpc) is 1.80. The summed E-state index contributed by atoms with van der Waals surface area (Å²) in [6.45, 7) is 2.65. The summed E-state index contributed by atoms with van der Waals surface area (Å²) in [7, 11) is 0. The minimum absolute atomic E-state index is 0.131. The number of hydrogen-bond donors (Lipinski definition) is 1. The Hall–Kier alpha value is 0.200. The van der Waals surface area contributed by atoms with E-state index in [1.165, 1.54) is 0 Å². The summed E-state index contributed by atoms with van der Waals surface area (Å²) < 4.78 is 0.131. The van der Waals surface area contributed by atoms with Gasteiger partial charge in [0.1, 0.15) is 0 Å². The Morgan fingerprint density at radius 1 is 1.67 bits per heavy atom. The summed E-state index contributed by atoms with van der Waals surface area (Å²) in [6.07, 6.45) is 2.07. The first-order valence-electron chi connectivity index (χ1n) is 2.79. The van der Waals surface area contributed by atoms with E-state index in [0.717, 1.165) is 12.8 Å². The first-order valence-corrected chi connectivity index (χ1v) is 3.65. The van der Waals surface area contributed by atoms with Crippen LogP contribution in [0.3, 0.4) is 0 Å². The fraction of sp³-hybridized carbons (Fsp3) is 0.800. The molecule has 0 radical (unpaired) electrons. The minimum atomic E-state index is 0.131. The van der Waals surface area contributed by atoms with Gasteiger partial charge in [-0.1, -0.05) is 26.0 Å². The van der Waals surface area contributed by atoms with Crippen LogP contribution in [-0.4, -0.2) is 11.0 Å². The van der Waals surface area contributed by atoms with Crippen molar-refractivity contribution >= 4 is 29.2 Å². The molecule has 0 heterocycles. The highest BCUT2D eigenvalue weighted by Crippen LogP contribution is 1.92. The number of hydrogen-bond acceptors (Lipinski definition) is 3. The number of unbranched alkanes of at least 4 members (excludes halogenated alkanes) is 1. The lowest BCUT2D eigenvalue weighted by molar-refractivity contribution is -0.216. The van der Waals surface area contributed by atoms with Gasteiger partial charge in [-0.15, -0.1) is 0 Å². The van der Waals surface area contributed by atoms with Crippen LogP contribution in [0.2, 0.25) is 0 Å². The molecule has 0 unspecified atom stereocenters. The highest BCUT2D eigenvalue weighted by Gasteiger charge is 1.88. The van der Waals surface area contributed by atoms with Gasteiger partial charge in [-0.3, -0.25) is 0 Å². The maximum Gasteiger partial charge on any atom is 0.260 e. The lowest BCUT2D eigenvalue weighted by atomic mass is 10.4. The third kappa shape index (κ3) is 8.20. The Balaban J connectivity index is 2.83. The van der Waals surface area contributed by atoms with E-state index < -0.39 is 0 Å². The molecule has 0 aromatic heterocycles. The predicted molar refractivity (Wildman–Crippen MR) is 43.5 cm³/mol. The molecule has 0 aliphatic carbocycles. The fourth-order valence-electron chi connectivity index (χ4n) is 0.295. The topological polar surface area (TPSA) is 18.5 Å². The van der Waals surface area contributed by atoms with Crippen LogP contribution in [0, 0.1) is 0 Å². The first kappa shape index (κ1) is 9.20. The largest absolute Gasteiger partial charge is 0.319 e. The van der Waals surface area contributed by atoms with Gasteiger partial charge in [0.15, 0.2) is 0 Å². The van der Waals surface area contributed by atoms with Crippen molar-refractivity contribution in [2.24, 2.45) is 0 Å². The normalized spacial score (nSPS) is 9.11. The van der Waals surface area contributed by atoms with Crippen LogP contribution in [0.25, 0.3) is 0 Å². The van der Waals surface area contributed by atoms with Crippen LogP contribution in [-0.2, 0) is 9.78 Å². The van der Waals surface area contributed by atoms with Gasteiger partial charge in [-0.2, -0.15) is 4.89 Å². The Labute approximate surface area is 65.9 Å². The van der Waals surface area contributed by atoms with Crippen LogP contribution >= 0.6 is 24.8 Å². The van der Waals surface area contributed by atoms with Gasteiger partial charge in [-0.25, -0.2) is 0 Å². The SMILES string of the molecule is CCCCOOC(=S)S. The molecule has 0 spiro atoms. The van der Waals surface area contributed by atoms with E-state index in [2.05, 4.69) is 41.5 Å². The zero-order valence-corrected chi connectivity index (χ0v) is 7.00. The monoisotopic (exact) mass is 166 g/mol. The first-order chi connectivity index (χ1) is 4.27. The summed E-state index contributed by atoms with van der Waals surface area (Å²) in [6, 6.07) is 0. The lowest BCUT2D eigenvalue weighted by Crippen LogP contribution is -1.97. The smallest absolute Gasteiger partial charge is 0.260 e. The molecule has 0 aromatic rings. The molecule has 0 aliphatic rings. The van der Waals surface area contributed by atoms with Gasteiger partial charge >= 0.3 is 0 Å². The van der Waals surface area contributed by atoms with E-state index >= 15 is 0 Å². The van der Waals surface area contributed by atoms with E-state index in [1.54, 1.807) is 0 Å². The van der Waals surface area contributed by atoms with E-state index in [1.807, 2.05) is 0 Å². The van der Waals surface area contributed by atoms with Gasteiger partial charge in [0, 0.05) is 0 Å². The molecule has 0 atom stereocenters. The zero-order chi connectivity index (χ0) is 7.11. The third-order valence-electron chi connectivity index (χ3n) is 0.711. The fourth-order valence-corrected chi connectivity index (χ4v) is 0.396. The van der Waals surface area contributed by atoms with Crippen molar-refractivity contribution in [3.05, 3.63) is 0 Å². The molecule has 0 rings (SSSR count).